The van der Waals surface area contributed by atoms with E-state index in [9.17, 15) is 4.79 Å². The fourth-order valence-electron chi connectivity index (χ4n) is 1.40. The molecule has 0 aliphatic carbocycles. The zero-order valence-electron chi connectivity index (χ0n) is 8.16. The van der Waals surface area contributed by atoms with Crippen LogP contribution in [0, 0.1) is 6.92 Å². The van der Waals surface area contributed by atoms with Crippen LogP contribution in [0.4, 0.5) is 0 Å². The van der Waals surface area contributed by atoms with Crippen molar-refractivity contribution < 1.29 is 15.0 Å². The average Bonchev–Trinajstić information content (AvgIpc) is 2.14. The van der Waals surface area contributed by atoms with Crippen LogP contribution >= 0.6 is 0 Å². The lowest BCUT2D eigenvalue weighted by Gasteiger charge is -2.04. The number of aryl methyl sites for hydroxylation is 2. The summed E-state index contributed by atoms with van der Waals surface area (Å²) < 4.78 is 0. The van der Waals surface area contributed by atoms with Gasteiger partial charge in [0.05, 0.1) is 5.56 Å². The Bertz CT molecular complexity index is 331. The molecule has 76 valence electrons. The van der Waals surface area contributed by atoms with Crippen molar-refractivity contribution in [2.75, 3.05) is 6.61 Å². The Labute approximate surface area is 83.0 Å². The van der Waals surface area contributed by atoms with Crippen LogP contribution in [0.3, 0.4) is 0 Å². The highest BCUT2D eigenvalue weighted by Crippen LogP contribution is 2.12. The van der Waals surface area contributed by atoms with Gasteiger partial charge in [0, 0.05) is 6.61 Å². The molecule has 0 fully saturated rings. The number of aliphatic hydroxyl groups is 1. The van der Waals surface area contributed by atoms with Gasteiger partial charge in [0.1, 0.15) is 0 Å². The zero-order valence-corrected chi connectivity index (χ0v) is 8.16. The van der Waals surface area contributed by atoms with Gasteiger partial charge < -0.3 is 10.2 Å². The molecular weight excluding hydrogens is 180 g/mol. The normalized spacial score (nSPS) is 10.1. The van der Waals surface area contributed by atoms with Crippen molar-refractivity contribution >= 4 is 5.97 Å². The summed E-state index contributed by atoms with van der Waals surface area (Å²) in [5.41, 5.74) is 2.19. The molecule has 0 saturated heterocycles. The van der Waals surface area contributed by atoms with Crippen molar-refractivity contribution in [1.29, 1.82) is 0 Å². The molecule has 1 aromatic carbocycles. The van der Waals surface area contributed by atoms with Gasteiger partial charge in [0.2, 0.25) is 0 Å². The molecule has 0 bridgehead atoms. The summed E-state index contributed by atoms with van der Waals surface area (Å²) in [4.78, 5) is 10.7. The van der Waals surface area contributed by atoms with Gasteiger partial charge in [-0.2, -0.15) is 0 Å². The topological polar surface area (TPSA) is 57.5 Å². The van der Waals surface area contributed by atoms with Gasteiger partial charge in [-0.1, -0.05) is 12.1 Å². The van der Waals surface area contributed by atoms with E-state index < -0.39 is 5.97 Å². The molecule has 3 heteroatoms. The summed E-state index contributed by atoms with van der Waals surface area (Å²) in [6.07, 6.45) is 1.50. The van der Waals surface area contributed by atoms with Gasteiger partial charge in [-0.05, 0) is 37.0 Å². The van der Waals surface area contributed by atoms with E-state index in [2.05, 4.69) is 0 Å². The van der Waals surface area contributed by atoms with Crippen LogP contribution in [-0.2, 0) is 6.42 Å². The molecule has 1 rings (SSSR count). The van der Waals surface area contributed by atoms with Crippen molar-refractivity contribution in [2.45, 2.75) is 19.8 Å². The van der Waals surface area contributed by atoms with Gasteiger partial charge in [0.15, 0.2) is 0 Å². The molecule has 0 aliphatic rings. The molecule has 0 atom stereocenters. The Morgan fingerprint density at radius 3 is 2.64 bits per heavy atom. The lowest BCUT2D eigenvalue weighted by molar-refractivity contribution is 0.0696. The smallest absolute Gasteiger partial charge is 0.335 e. The summed E-state index contributed by atoms with van der Waals surface area (Å²) in [5.74, 6) is -0.892. The van der Waals surface area contributed by atoms with Crippen LogP contribution in [0.2, 0.25) is 0 Å². The number of aromatic carboxylic acids is 1. The van der Waals surface area contributed by atoms with E-state index in [-0.39, 0.29) is 6.61 Å². The first-order chi connectivity index (χ1) is 6.65. The van der Waals surface area contributed by atoms with Gasteiger partial charge in [0.25, 0.3) is 0 Å². The monoisotopic (exact) mass is 194 g/mol. The van der Waals surface area contributed by atoms with E-state index in [1.165, 1.54) is 0 Å². The summed E-state index contributed by atoms with van der Waals surface area (Å²) >= 11 is 0. The Hall–Kier alpha value is -1.35. The van der Waals surface area contributed by atoms with Crippen molar-refractivity contribution in [3.63, 3.8) is 0 Å². The number of hydrogen-bond acceptors (Lipinski definition) is 2. The fraction of sp³-hybridized carbons (Fsp3) is 0.364. The van der Waals surface area contributed by atoms with Crippen LogP contribution in [0.5, 0.6) is 0 Å². The number of carboxylic acid groups (broad SMARTS) is 1. The number of carboxylic acids is 1. The Kier molecular flexibility index (Phi) is 3.65. The van der Waals surface area contributed by atoms with Crippen LogP contribution < -0.4 is 0 Å². The average molecular weight is 194 g/mol. The van der Waals surface area contributed by atoms with E-state index in [0.717, 1.165) is 17.5 Å². The molecule has 0 heterocycles. The first-order valence-corrected chi connectivity index (χ1v) is 4.59. The highest BCUT2D eigenvalue weighted by Gasteiger charge is 2.06. The largest absolute Gasteiger partial charge is 0.478 e. The quantitative estimate of drug-likeness (QED) is 0.765. The summed E-state index contributed by atoms with van der Waals surface area (Å²) in [6, 6.07) is 5.27. The van der Waals surface area contributed by atoms with Crippen LogP contribution in [0.15, 0.2) is 18.2 Å². The Morgan fingerprint density at radius 1 is 1.43 bits per heavy atom. The minimum absolute atomic E-state index is 0.166. The first-order valence-electron chi connectivity index (χ1n) is 4.59. The third-order valence-electron chi connectivity index (χ3n) is 2.14. The standard InChI is InChI=1S/C11H14O3/c1-8-7-9(3-2-6-12)4-5-10(8)11(13)14/h4-5,7,12H,2-3,6H2,1H3,(H,13,14). The van der Waals surface area contributed by atoms with Crippen LogP contribution in [0.25, 0.3) is 0 Å². The molecular formula is C11H14O3. The first kappa shape index (κ1) is 10.7. The summed E-state index contributed by atoms with van der Waals surface area (Å²) in [7, 11) is 0. The predicted molar refractivity (Wildman–Crippen MR) is 53.5 cm³/mol. The number of aliphatic hydroxyl groups excluding tert-OH is 1. The highest BCUT2D eigenvalue weighted by molar-refractivity contribution is 5.89. The lowest BCUT2D eigenvalue weighted by atomic mass is 10.0. The second-order valence-electron chi connectivity index (χ2n) is 3.28. The van der Waals surface area contributed by atoms with Gasteiger partial charge in [-0.25, -0.2) is 4.79 Å². The molecule has 0 aliphatic heterocycles. The third-order valence-corrected chi connectivity index (χ3v) is 2.14. The van der Waals surface area contributed by atoms with Crippen molar-refractivity contribution in [1.82, 2.24) is 0 Å². The summed E-state index contributed by atoms with van der Waals surface area (Å²) in [6.45, 7) is 1.95. The highest BCUT2D eigenvalue weighted by atomic mass is 16.4. The van der Waals surface area contributed by atoms with E-state index in [1.807, 2.05) is 6.07 Å². The van der Waals surface area contributed by atoms with E-state index in [0.29, 0.717) is 12.0 Å². The van der Waals surface area contributed by atoms with Gasteiger partial charge in [-0.15, -0.1) is 0 Å². The lowest BCUT2D eigenvalue weighted by Crippen LogP contribution is -2.00. The molecule has 0 aromatic heterocycles. The van der Waals surface area contributed by atoms with E-state index in [4.69, 9.17) is 10.2 Å². The molecule has 0 saturated carbocycles. The predicted octanol–water partition coefficient (Wildman–Crippen LogP) is 1.62. The maximum atomic E-state index is 10.7. The fourth-order valence-corrected chi connectivity index (χ4v) is 1.40. The molecule has 1 aromatic rings. The zero-order chi connectivity index (χ0) is 10.6. The second-order valence-corrected chi connectivity index (χ2v) is 3.28. The Morgan fingerprint density at radius 2 is 2.14 bits per heavy atom. The molecule has 2 N–H and O–H groups in total. The number of benzene rings is 1. The molecule has 0 radical (unpaired) electrons. The van der Waals surface area contributed by atoms with E-state index in [1.54, 1.807) is 19.1 Å². The minimum atomic E-state index is -0.892. The number of hydrogen-bond donors (Lipinski definition) is 2. The van der Waals surface area contributed by atoms with E-state index >= 15 is 0 Å². The van der Waals surface area contributed by atoms with Gasteiger partial charge in [-0.3, -0.25) is 0 Å². The van der Waals surface area contributed by atoms with Crippen molar-refractivity contribution in [3.05, 3.63) is 34.9 Å². The number of carbonyl (C=O) groups is 1. The third kappa shape index (κ3) is 2.57. The van der Waals surface area contributed by atoms with Crippen LogP contribution in [0.1, 0.15) is 27.9 Å². The minimum Gasteiger partial charge on any atom is -0.478 e. The van der Waals surface area contributed by atoms with Crippen molar-refractivity contribution in [3.8, 4) is 0 Å². The molecule has 0 unspecified atom stereocenters. The summed E-state index contributed by atoms with van der Waals surface area (Å²) in [5, 5.41) is 17.4. The number of rotatable bonds is 4. The molecule has 14 heavy (non-hydrogen) atoms. The van der Waals surface area contributed by atoms with Gasteiger partial charge >= 0.3 is 5.97 Å². The molecule has 3 nitrogen and oxygen atoms in total. The maximum Gasteiger partial charge on any atom is 0.335 e. The van der Waals surface area contributed by atoms with Crippen LogP contribution in [-0.4, -0.2) is 22.8 Å². The molecule has 0 spiro atoms. The molecule has 0 amide bonds. The maximum absolute atomic E-state index is 10.7. The second kappa shape index (κ2) is 4.77. The Balaban J connectivity index is 2.83. The SMILES string of the molecule is Cc1cc(CCCO)ccc1C(=O)O. The van der Waals surface area contributed by atoms with Crippen molar-refractivity contribution in [2.24, 2.45) is 0 Å².